The molecule has 0 amide bonds. The van der Waals surface area contributed by atoms with Gasteiger partial charge in [0, 0.05) is 19.6 Å². The maximum atomic E-state index is 12.1. The van der Waals surface area contributed by atoms with Gasteiger partial charge in [-0.3, -0.25) is 5.10 Å². The molecule has 1 aromatic heterocycles. The molecule has 2 rings (SSSR count). The Hall–Kier alpha value is -1.03. The van der Waals surface area contributed by atoms with Crippen LogP contribution in [0.3, 0.4) is 0 Å². The van der Waals surface area contributed by atoms with Crippen LogP contribution in [0, 0.1) is 0 Å². The fourth-order valence-corrected chi connectivity index (χ4v) is 2.92. The Morgan fingerprint density at radius 3 is 2.90 bits per heavy atom. The van der Waals surface area contributed by atoms with Crippen LogP contribution in [-0.2, 0) is 10.2 Å². The monoisotopic (exact) mass is 302 g/mol. The molecule has 114 valence electrons. The van der Waals surface area contributed by atoms with E-state index in [0.29, 0.717) is 18.4 Å². The van der Waals surface area contributed by atoms with Crippen molar-refractivity contribution in [2.24, 2.45) is 0 Å². The molecule has 0 aromatic carbocycles. The number of H-pyrrole nitrogens is 1. The van der Waals surface area contributed by atoms with Crippen LogP contribution in [0.15, 0.2) is 6.33 Å². The average Bonchev–Trinajstić information content (AvgIpc) is 3.04. The van der Waals surface area contributed by atoms with Gasteiger partial charge in [-0.05, 0) is 32.7 Å². The van der Waals surface area contributed by atoms with E-state index in [9.17, 15) is 8.42 Å². The van der Waals surface area contributed by atoms with Gasteiger partial charge in [0.25, 0.3) is 10.2 Å². The summed E-state index contributed by atoms with van der Waals surface area (Å²) in [5, 5.41) is 9.72. The third-order valence-corrected chi connectivity index (χ3v) is 4.89. The summed E-state index contributed by atoms with van der Waals surface area (Å²) in [6, 6.07) is 0.219. The third kappa shape index (κ3) is 4.51. The summed E-state index contributed by atoms with van der Waals surface area (Å²) < 4.78 is 28.1. The van der Waals surface area contributed by atoms with Gasteiger partial charge in [-0.2, -0.15) is 22.5 Å². The number of hydrogen-bond acceptors (Lipinski definition) is 5. The molecule has 9 heteroatoms. The van der Waals surface area contributed by atoms with E-state index in [2.05, 4.69) is 25.2 Å². The maximum absolute atomic E-state index is 12.1. The SMILES string of the molecule is CC(NS(=O)(=O)N(C)CCCNC1CC1)c1ncn[nH]1. The van der Waals surface area contributed by atoms with Crippen LogP contribution in [0.4, 0.5) is 0 Å². The lowest BCUT2D eigenvalue weighted by molar-refractivity contribution is 0.436. The van der Waals surface area contributed by atoms with E-state index in [1.807, 2.05) is 0 Å². The van der Waals surface area contributed by atoms with Gasteiger partial charge in [0.2, 0.25) is 0 Å². The van der Waals surface area contributed by atoms with Crippen molar-refractivity contribution < 1.29 is 8.42 Å². The van der Waals surface area contributed by atoms with Crippen LogP contribution >= 0.6 is 0 Å². The number of nitrogens with one attached hydrogen (secondary N) is 3. The standard InChI is InChI=1S/C11H22N6O2S/c1-9(11-13-8-14-15-11)16-20(18,19)17(2)7-3-6-12-10-4-5-10/h8-10,12,16H,3-7H2,1-2H3,(H,13,14,15). The lowest BCUT2D eigenvalue weighted by Gasteiger charge is -2.20. The highest BCUT2D eigenvalue weighted by atomic mass is 32.2. The van der Waals surface area contributed by atoms with E-state index in [4.69, 9.17) is 0 Å². The van der Waals surface area contributed by atoms with Crippen molar-refractivity contribution in [1.29, 1.82) is 0 Å². The molecule has 1 fully saturated rings. The normalized spacial score (nSPS) is 17.6. The zero-order valence-corrected chi connectivity index (χ0v) is 12.7. The van der Waals surface area contributed by atoms with Gasteiger partial charge in [0.05, 0.1) is 6.04 Å². The molecule has 8 nitrogen and oxygen atoms in total. The Morgan fingerprint density at radius 1 is 1.55 bits per heavy atom. The largest absolute Gasteiger partial charge is 0.314 e. The molecule has 3 N–H and O–H groups in total. The Morgan fingerprint density at radius 2 is 2.30 bits per heavy atom. The van der Waals surface area contributed by atoms with Gasteiger partial charge in [-0.15, -0.1) is 0 Å². The molecule has 0 radical (unpaired) electrons. The van der Waals surface area contributed by atoms with Crippen molar-refractivity contribution in [3.8, 4) is 0 Å². The van der Waals surface area contributed by atoms with E-state index in [1.165, 1.54) is 23.5 Å². The second-order valence-corrected chi connectivity index (χ2v) is 6.93. The minimum absolute atomic E-state index is 0.436. The fraction of sp³-hybridized carbons (Fsp3) is 0.818. The molecule has 1 aromatic rings. The highest BCUT2D eigenvalue weighted by Gasteiger charge is 2.23. The molecule has 0 aliphatic heterocycles. The number of hydrogen-bond donors (Lipinski definition) is 3. The fourth-order valence-electron chi connectivity index (χ4n) is 1.81. The van der Waals surface area contributed by atoms with Crippen molar-refractivity contribution in [2.75, 3.05) is 20.1 Å². The molecule has 1 aliphatic carbocycles. The van der Waals surface area contributed by atoms with Gasteiger partial charge in [0.15, 0.2) is 0 Å². The molecule has 20 heavy (non-hydrogen) atoms. The summed E-state index contributed by atoms with van der Waals surface area (Å²) in [5.41, 5.74) is 0. The summed E-state index contributed by atoms with van der Waals surface area (Å²) in [5.74, 6) is 0.498. The maximum Gasteiger partial charge on any atom is 0.279 e. The van der Waals surface area contributed by atoms with Crippen LogP contribution in [0.2, 0.25) is 0 Å². The second kappa shape index (κ2) is 6.61. The van der Waals surface area contributed by atoms with E-state index in [1.54, 1.807) is 14.0 Å². The Kier molecular flexibility index (Phi) is 5.08. The van der Waals surface area contributed by atoms with Gasteiger partial charge < -0.3 is 5.32 Å². The molecule has 0 bridgehead atoms. The quantitative estimate of drug-likeness (QED) is 0.547. The second-order valence-electron chi connectivity index (χ2n) is 5.12. The summed E-state index contributed by atoms with van der Waals surface area (Å²) in [4.78, 5) is 3.94. The van der Waals surface area contributed by atoms with Gasteiger partial charge in [-0.25, -0.2) is 4.98 Å². The minimum Gasteiger partial charge on any atom is -0.314 e. The average molecular weight is 302 g/mol. The van der Waals surface area contributed by atoms with Gasteiger partial charge in [-0.1, -0.05) is 0 Å². The molecule has 1 heterocycles. The predicted octanol–water partition coefficient (Wildman–Crippen LogP) is -0.226. The van der Waals surface area contributed by atoms with Crippen molar-refractivity contribution in [2.45, 2.75) is 38.3 Å². The van der Waals surface area contributed by atoms with E-state index < -0.39 is 16.3 Å². The van der Waals surface area contributed by atoms with Gasteiger partial charge in [0.1, 0.15) is 12.2 Å². The summed E-state index contributed by atoms with van der Waals surface area (Å²) in [7, 11) is -1.93. The Labute approximate surface area is 119 Å². The van der Waals surface area contributed by atoms with Crippen molar-refractivity contribution in [3.63, 3.8) is 0 Å². The first-order chi connectivity index (χ1) is 9.49. The molecule has 1 unspecified atom stereocenters. The molecular weight excluding hydrogens is 280 g/mol. The first-order valence-electron chi connectivity index (χ1n) is 6.81. The van der Waals surface area contributed by atoms with E-state index in [-0.39, 0.29) is 0 Å². The smallest absolute Gasteiger partial charge is 0.279 e. The number of aromatic nitrogens is 3. The van der Waals surface area contributed by atoms with Crippen LogP contribution in [0.1, 0.15) is 38.1 Å². The van der Waals surface area contributed by atoms with Crippen molar-refractivity contribution in [3.05, 3.63) is 12.2 Å². The lowest BCUT2D eigenvalue weighted by atomic mass is 10.3. The molecule has 0 saturated heterocycles. The van der Waals surface area contributed by atoms with E-state index >= 15 is 0 Å². The summed E-state index contributed by atoms with van der Waals surface area (Å²) in [6.45, 7) is 3.06. The minimum atomic E-state index is -3.50. The Balaban J connectivity index is 1.75. The first-order valence-corrected chi connectivity index (χ1v) is 8.25. The lowest BCUT2D eigenvalue weighted by Crippen LogP contribution is -2.40. The predicted molar refractivity (Wildman–Crippen MR) is 75.1 cm³/mol. The van der Waals surface area contributed by atoms with Crippen LogP contribution in [0.5, 0.6) is 0 Å². The molecule has 1 atom stereocenters. The number of nitrogens with zero attached hydrogens (tertiary/aromatic N) is 3. The molecule has 1 saturated carbocycles. The Bertz CT molecular complexity index is 499. The zero-order valence-electron chi connectivity index (χ0n) is 11.8. The first kappa shape index (κ1) is 15.4. The number of aromatic amines is 1. The van der Waals surface area contributed by atoms with Crippen LogP contribution in [0.25, 0.3) is 0 Å². The summed E-state index contributed by atoms with van der Waals surface area (Å²) >= 11 is 0. The van der Waals surface area contributed by atoms with Crippen LogP contribution in [-0.4, -0.2) is 54.1 Å². The third-order valence-electron chi connectivity index (χ3n) is 3.24. The number of rotatable bonds is 9. The van der Waals surface area contributed by atoms with Gasteiger partial charge >= 0.3 is 0 Å². The molecule has 0 spiro atoms. The highest BCUT2D eigenvalue weighted by Crippen LogP contribution is 2.18. The topological polar surface area (TPSA) is 103 Å². The summed E-state index contributed by atoms with van der Waals surface area (Å²) in [6.07, 6.45) is 4.63. The highest BCUT2D eigenvalue weighted by molar-refractivity contribution is 7.87. The van der Waals surface area contributed by atoms with Crippen LogP contribution < -0.4 is 10.0 Å². The molecule has 1 aliphatic rings. The van der Waals surface area contributed by atoms with Crippen molar-refractivity contribution in [1.82, 2.24) is 29.5 Å². The zero-order chi connectivity index (χ0) is 14.6. The van der Waals surface area contributed by atoms with E-state index in [0.717, 1.165) is 13.0 Å². The van der Waals surface area contributed by atoms with Crippen molar-refractivity contribution >= 4 is 10.2 Å². The molecular formula is C11H22N6O2S.